The Morgan fingerprint density at radius 3 is 2.60 bits per heavy atom. The maximum absolute atomic E-state index is 13.8. The van der Waals surface area contributed by atoms with E-state index in [1.807, 2.05) is 0 Å². The Morgan fingerprint density at radius 1 is 1.33 bits per heavy atom. The molecule has 160 valence electrons. The molecular weight excluding hydrogens is 425 g/mol. The molecule has 1 saturated heterocycles. The summed E-state index contributed by atoms with van der Waals surface area (Å²) in [5, 5.41) is 2.51. The first-order chi connectivity index (χ1) is 14.1. The minimum atomic E-state index is -3.05. The molecule has 2 aromatic rings. The second-order valence-corrected chi connectivity index (χ2v) is 7.22. The zero-order valence-electron chi connectivity index (χ0n) is 15.7. The molecule has 1 aromatic carbocycles. The maximum Gasteiger partial charge on any atom is 0.388 e. The molecule has 0 saturated carbocycles. The first kappa shape index (κ1) is 21.7. The fourth-order valence-corrected chi connectivity index (χ4v) is 3.89. The predicted molar refractivity (Wildman–Crippen MR) is 102 cm³/mol. The average molecular weight is 443 g/mol. The molecule has 1 aliphatic heterocycles. The number of urea groups is 1. The molecule has 1 unspecified atom stereocenters. The highest BCUT2D eigenvalue weighted by Crippen LogP contribution is 2.41. The number of aromatic nitrogens is 1. The monoisotopic (exact) mass is 442 g/mol. The molecule has 0 spiro atoms. The van der Waals surface area contributed by atoms with Crippen LogP contribution in [0.5, 0.6) is 5.88 Å². The lowest BCUT2D eigenvalue weighted by atomic mass is 9.74. The Morgan fingerprint density at radius 2 is 2.03 bits per heavy atom. The molecule has 2 heterocycles. The molecule has 3 N–H and O–H groups in total. The van der Waals surface area contributed by atoms with E-state index in [0.717, 1.165) is 6.07 Å². The Bertz CT molecular complexity index is 961. The third-order valence-corrected chi connectivity index (χ3v) is 5.34. The second-order valence-electron chi connectivity index (χ2n) is 6.81. The number of carbonyl (C=O) groups excluding carboxylic acids is 2. The van der Waals surface area contributed by atoms with E-state index in [0.29, 0.717) is 11.1 Å². The van der Waals surface area contributed by atoms with Gasteiger partial charge in [-0.2, -0.15) is 8.78 Å². The van der Waals surface area contributed by atoms with Crippen LogP contribution in [0.1, 0.15) is 24.0 Å². The zero-order valence-corrected chi connectivity index (χ0v) is 16.5. The van der Waals surface area contributed by atoms with Crippen LogP contribution in [-0.2, 0) is 4.79 Å². The molecule has 30 heavy (non-hydrogen) atoms. The minimum Gasteiger partial charge on any atom is -0.417 e. The van der Waals surface area contributed by atoms with Crippen LogP contribution < -0.4 is 15.8 Å². The predicted octanol–water partition coefficient (Wildman–Crippen LogP) is 2.88. The fourth-order valence-electron chi connectivity index (χ4n) is 3.70. The first-order valence-corrected chi connectivity index (χ1v) is 9.23. The smallest absolute Gasteiger partial charge is 0.388 e. The maximum atomic E-state index is 13.8. The van der Waals surface area contributed by atoms with Crippen molar-refractivity contribution in [3.63, 3.8) is 0 Å². The number of pyridine rings is 1. The molecule has 3 rings (SSSR count). The molecule has 1 fully saturated rings. The van der Waals surface area contributed by atoms with E-state index in [1.54, 1.807) is 0 Å². The highest BCUT2D eigenvalue weighted by Gasteiger charge is 2.51. The number of nitrogens with one attached hydrogen (secondary N) is 1. The standard InChI is InChI=1S/C19H18ClF3N4O3/c1-19(16(28)25-6-7-27(19)18(24)29)15(10-2-4-13(21)12(20)8-10)11-3-5-14(26-9-11)30-17(22)23/h2-5,8-9,15,17H,6-7H2,1H3,(H2,24,29)(H,25,28)/t15-,19?/m0/s1. The number of ether oxygens (including phenoxy) is 1. The molecule has 3 amide bonds. The van der Waals surface area contributed by atoms with Gasteiger partial charge >= 0.3 is 12.6 Å². The van der Waals surface area contributed by atoms with Gasteiger partial charge in [0.1, 0.15) is 11.4 Å². The van der Waals surface area contributed by atoms with Crippen molar-refractivity contribution in [3.8, 4) is 5.88 Å². The Labute approximate surface area is 175 Å². The number of piperazine rings is 1. The second kappa shape index (κ2) is 8.39. The summed E-state index contributed by atoms with van der Waals surface area (Å²) in [6, 6.07) is 5.69. The zero-order chi connectivity index (χ0) is 22.1. The summed E-state index contributed by atoms with van der Waals surface area (Å²) in [5.41, 5.74) is 4.78. The number of benzene rings is 1. The number of rotatable bonds is 5. The van der Waals surface area contributed by atoms with E-state index >= 15 is 0 Å². The molecule has 1 aromatic heterocycles. The van der Waals surface area contributed by atoms with Crippen LogP contribution >= 0.6 is 11.6 Å². The topological polar surface area (TPSA) is 97.6 Å². The van der Waals surface area contributed by atoms with E-state index in [1.165, 1.54) is 42.3 Å². The van der Waals surface area contributed by atoms with E-state index in [9.17, 15) is 22.8 Å². The van der Waals surface area contributed by atoms with E-state index in [4.69, 9.17) is 17.3 Å². The number of hydrogen-bond acceptors (Lipinski definition) is 4. The summed E-state index contributed by atoms with van der Waals surface area (Å²) in [7, 11) is 0. The van der Waals surface area contributed by atoms with Crippen molar-refractivity contribution in [1.29, 1.82) is 0 Å². The lowest BCUT2D eigenvalue weighted by molar-refractivity contribution is -0.134. The van der Waals surface area contributed by atoms with Gasteiger partial charge in [-0.05, 0) is 30.2 Å². The first-order valence-electron chi connectivity index (χ1n) is 8.85. The van der Waals surface area contributed by atoms with E-state index < -0.39 is 35.8 Å². The molecule has 1 aliphatic rings. The Hall–Kier alpha value is -3.01. The largest absolute Gasteiger partial charge is 0.417 e. The minimum absolute atomic E-state index is 0.142. The van der Waals surface area contributed by atoms with E-state index in [2.05, 4.69) is 15.0 Å². The Kier molecular flexibility index (Phi) is 6.06. The average Bonchev–Trinajstić information content (AvgIpc) is 2.68. The summed E-state index contributed by atoms with van der Waals surface area (Å²) in [4.78, 5) is 30.2. The lowest BCUT2D eigenvalue weighted by Crippen LogP contribution is -2.68. The van der Waals surface area contributed by atoms with Gasteiger partial charge in [0, 0.05) is 31.3 Å². The molecule has 0 aliphatic carbocycles. The summed E-state index contributed by atoms with van der Waals surface area (Å²) in [5.74, 6) is -2.37. The van der Waals surface area contributed by atoms with Crippen LogP contribution in [0.15, 0.2) is 36.5 Å². The number of primary amides is 1. The third-order valence-electron chi connectivity index (χ3n) is 5.05. The van der Waals surface area contributed by atoms with Gasteiger partial charge in [0.05, 0.1) is 5.02 Å². The number of nitrogens with two attached hydrogens (primary N) is 1. The Balaban J connectivity index is 2.17. The number of amides is 3. The van der Waals surface area contributed by atoms with Crippen LogP contribution in [0.4, 0.5) is 18.0 Å². The number of carbonyl (C=O) groups is 2. The van der Waals surface area contributed by atoms with Crippen molar-refractivity contribution in [2.24, 2.45) is 5.73 Å². The van der Waals surface area contributed by atoms with Crippen molar-refractivity contribution in [3.05, 3.63) is 58.5 Å². The van der Waals surface area contributed by atoms with Gasteiger partial charge in [0.2, 0.25) is 11.8 Å². The number of hydrogen-bond donors (Lipinski definition) is 2. The summed E-state index contributed by atoms with van der Waals surface area (Å²) >= 11 is 5.95. The van der Waals surface area contributed by atoms with Crippen molar-refractivity contribution in [1.82, 2.24) is 15.2 Å². The number of alkyl halides is 2. The number of nitrogens with zero attached hydrogens (tertiary/aromatic N) is 2. The lowest BCUT2D eigenvalue weighted by Gasteiger charge is -2.47. The van der Waals surface area contributed by atoms with Crippen LogP contribution in [0.25, 0.3) is 0 Å². The van der Waals surface area contributed by atoms with Gasteiger partial charge in [-0.1, -0.05) is 23.7 Å². The highest BCUT2D eigenvalue weighted by atomic mass is 35.5. The molecule has 2 atom stereocenters. The molecule has 7 nitrogen and oxygen atoms in total. The number of halogens is 4. The normalized spacial score (nSPS) is 20.1. The van der Waals surface area contributed by atoms with Crippen LogP contribution in [0.2, 0.25) is 5.02 Å². The van der Waals surface area contributed by atoms with Crippen molar-refractivity contribution in [2.45, 2.75) is 25.0 Å². The van der Waals surface area contributed by atoms with Crippen LogP contribution in [0.3, 0.4) is 0 Å². The van der Waals surface area contributed by atoms with Gasteiger partial charge in [-0.15, -0.1) is 0 Å². The summed E-state index contributed by atoms with van der Waals surface area (Å²) in [6.07, 6.45) is 1.24. The molecular formula is C19H18ClF3N4O3. The molecule has 0 bridgehead atoms. The summed E-state index contributed by atoms with van der Waals surface area (Å²) in [6.45, 7) is -1.20. The van der Waals surface area contributed by atoms with Crippen LogP contribution in [0, 0.1) is 5.82 Å². The van der Waals surface area contributed by atoms with Crippen molar-refractivity contribution in [2.75, 3.05) is 13.1 Å². The van der Waals surface area contributed by atoms with Gasteiger partial charge in [-0.25, -0.2) is 14.2 Å². The van der Waals surface area contributed by atoms with Gasteiger partial charge in [-0.3, -0.25) is 4.79 Å². The van der Waals surface area contributed by atoms with E-state index in [-0.39, 0.29) is 24.0 Å². The fraction of sp³-hybridized carbons (Fsp3) is 0.316. The third kappa shape index (κ3) is 4.00. The molecule has 11 heteroatoms. The highest BCUT2D eigenvalue weighted by molar-refractivity contribution is 6.30. The van der Waals surface area contributed by atoms with Gasteiger partial charge in [0.15, 0.2) is 0 Å². The summed E-state index contributed by atoms with van der Waals surface area (Å²) < 4.78 is 42.9. The molecule has 0 radical (unpaired) electrons. The SMILES string of the molecule is CC1([C@H](c2ccc(OC(F)F)nc2)c2ccc(F)c(Cl)c2)C(=O)NCCN1C(N)=O. The van der Waals surface area contributed by atoms with Gasteiger partial charge in [0.25, 0.3) is 0 Å². The van der Waals surface area contributed by atoms with Crippen LogP contribution in [-0.4, -0.2) is 47.1 Å². The van der Waals surface area contributed by atoms with Gasteiger partial charge < -0.3 is 20.7 Å². The van der Waals surface area contributed by atoms with Crippen molar-refractivity contribution >= 4 is 23.5 Å². The quantitative estimate of drug-likeness (QED) is 0.744. The van der Waals surface area contributed by atoms with Crippen molar-refractivity contribution < 1.29 is 27.5 Å².